The Morgan fingerprint density at radius 3 is 2.72 bits per heavy atom. The van der Waals surface area contributed by atoms with Crippen molar-refractivity contribution in [2.75, 3.05) is 13.7 Å². The summed E-state index contributed by atoms with van der Waals surface area (Å²) in [5, 5.41) is 5.34. The number of carbonyl (C=O) groups is 2. The molecular weight excluding hydrogens is 340 g/mol. The molecule has 0 aliphatic carbocycles. The minimum atomic E-state index is -0.480. The fraction of sp³-hybridized carbons (Fsp3) is 0.389. The standard InChI is InChI=1S/C18H22N2O4S/c1-18(2,3)20-15(21)10-24-16(22)9-13-11-25-17(19-13)12-6-5-7-14(8-12)23-4/h5-8,11H,9-10H2,1-4H3,(H,20,21). The second-order valence-electron chi connectivity index (χ2n) is 6.51. The number of carbonyl (C=O) groups excluding carboxylic acids is 2. The Bertz CT molecular complexity index is 750. The van der Waals surface area contributed by atoms with Crippen molar-refractivity contribution in [2.45, 2.75) is 32.7 Å². The first-order valence-electron chi connectivity index (χ1n) is 7.82. The molecule has 6 nitrogen and oxygen atoms in total. The molecule has 1 aromatic carbocycles. The van der Waals surface area contributed by atoms with Crippen LogP contribution in [0.25, 0.3) is 10.6 Å². The average molecular weight is 362 g/mol. The van der Waals surface area contributed by atoms with Crippen LogP contribution in [0.2, 0.25) is 0 Å². The monoisotopic (exact) mass is 362 g/mol. The third kappa shape index (κ3) is 6.19. The summed E-state index contributed by atoms with van der Waals surface area (Å²) in [5.41, 5.74) is 1.18. The number of hydrogen-bond acceptors (Lipinski definition) is 6. The van der Waals surface area contributed by atoms with E-state index in [9.17, 15) is 9.59 Å². The van der Waals surface area contributed by atoms with E-state index in [-0.39, 0.29) is 24.5 Å². The molecule has 0 saturated carbocycles. The van der Waals surface area contributed by atoms with E-state index >= 15 is 0 Å². The molecule has 0 aliphatic heterocycles. The summed E-state index contributed by atoms with van der Waals surface area (Å²) < 4.78 is 10.2. The van der Waals surface area contributed by atoms with Crippen molar-refractivity contribution in [2.24, 2.45) is 0 Å². The number of ether oxygens (including phenoxy) is 2. The topological polar surface area (TPSA) is 77.5 Å². The normalized spacial score (nSPS) is 11.0. The Morgan fingerprint density at radius 1 is 1.28 bits per heavy atom. The van der Waals surface area contributed by atoms with Gasteiger partial charge < -0.3 is 14.8 Å². The minimum absolute atomic E-state index is 0.0310. The number of esters is 1. The summed E-state index contributed by atoms with van der Waals surface area (Å²) >= 11 is 1.44. The fourth-order valence-electron chi connectivity index (χ4n) is 2.08. The van der Waals surface area contributed by atoms with Crippen molar-refractivity contribution < 1.29 is 19.1 Å². The number of benzene rings is 1. The Labute approximate surface area is 151 Å². The number of thiazole rings is 1. The lowest BCUT2D eigenvalue weighted by molar-refractivity contribution is -0.148. The van der Waals surface area contributed by atoms with Gasteiger partial charge in [-0.2, -0.15) is 0 Å². The molecule has 0 radical (unpaired) electrons. The van der Waals surface area contributed by atoms with Gasteiger partial charge in [-0.25, -0.2) is 4.98 Å². The molecule has 0 bridgehead atoms. The van der Waals surface area contributed by atoms with E-state index in [1.54, 1.807) is 7.11 Å². The van der Waals surface area contributed by atoms with E-state index in [0.717, 1.165) is 16.3 Å². The van der Waals surface area contributed by atoms with E-state index in [2.05, 4.69) is 10.3 Å². The van der Waals surface area contributed by atoms with Crippen LogP contribution >= 0.6 is 11.3 Å². The zero-order chi connectivity index (χ0) is 18.4. The van der Waals surface area contributed by atoms with E-state index in [1.807, 2.05) is 50.4 Å². The maximum Gasteiger partial charge on any atom is 0.312 e. The number of nitrogens with one attached hydrogen (secondary N) is 1. The summed E-state index contributed by atoms with van der Waals surface area (Å²) in [4.78, 5) is 28.0. The van der Waals surface area contributed by atoms with Crippen LogP contribution in [-0.2, 0) is 20.7 Å². The van der Waals surface area contributed by atoms with E-state index in [4.69, 9.17) is 9.47 Å². The molecule has 0 unspecified atom stereocenters. The van der Waals surface area contributed by atoms with Crippen molar-refractivity contribution in [3.63, 3.8) is 0 Å². The Kier molecular flexibility index (Phi) is 6.14. The largest absolute Gasteiger partial charge is 0.497 e. The highest BCUT2D eigenvalue weighted by Crippen LogP contribution is 2.27. The lowest BCUT2D eigenvalue weighted by atomic mass is 10.1. The van der Waals surface area contributed by atoms with Gasteiger partial charge in [-0.15, -0.1) is 11.3 Å². The van der Waals surface area contributed by atoms with Gasteiger partial charge in [0.15, 0.2) is 6.61 Å². The van der Waals surface area contributed by atoms with Gasteiger partial charge in [0.05, 0.1) is 19.2 Å². The van der Waals surface area contributed by atoms with Gasteiger partial charge in [-0.05, 0) is 32.9 Å². The number of rotatable bonds is 6. The van der Waals surface area contributed by atoms with Gasteiger partial charge in [0.25, 0.3) is 5.91 Å². The number of amides is 1. The van der Waals surface area contributed by atoms with Crippen LogP contribution in [0.5, 0.6) is 5.75 Å². The number of nitrogens with zero attached hydrogens (tertiary/aromatic N) is 1. The SMILES string of the molecule is COc1cccc(-c2nc(CC(=O)OCC(=O)NC(C)(C)C)cs2)c1. The molecule has 1 aromatic heterocycles. The second kappa shape index (κ2) is 8.11. The van der Waals surface area contributed by atoms with Gasteiger partial charge >= 0.3 is 5.97 Å². The number of hydrogen-bond donors (Lipinski definition) is 1. The lowest BCUT2D eigenvalue weighted by Gasteiger charge is -2.20. The number of methoxy groups -OCH3 is 1. The molecule has 2 rings (SSSR count). The van der Waals surface area contributed by atoms with Crippen LogP contribution in [0.3, 0.4) is 0 Å². The van der Waals surface area contributed by atoms with Gasteiger partial charge in [0.2, 0.25) is 0 Å². The summed E-state index contributed by atoms with van der Waals surface area (Å²) in [6.45, 7) is 5.30. The molecule has 7 heteroatoms. The van der Waals surface area contributed by atoms with Crippen LogP contribution in [0, 0.1) is 0 Å². The molecular formula is C18H22N2O4S. The van der Waals surface area contributed by atoms with Crippen molar-refractivity contribution in [3.8, 4) is 16.3 Å². The predicted octanol–water partition coefficient (Wildman–Crippen LogP) is 2.82. The van der Waals surface area contributed by atoms with Gasteiger partial charge in [0.1, 0.15) is 10.8 Å². The van der Waals surface area contributed by atoms with Crippen molar-refractivity contribution in [1.82, 2.24) is 10.3 Å². The summed E-state index contributed by atoms with van der Waals surface area (Å²) in [7, 11) is 1.61. The molecule has 0 aliphatic rings. The molecule has 1 heterocycles. The predicted molar refractivity (Wildman–Crippen MR) is 96.7 cm³/mol. The minimum Gasteiger partial charge on any atom is -0.497 e. The maximum absolute atomic E-state index is 11.9. The summed E-state index contributed by atoms with van der Waals surface area (Å²) in [6.07, 6.45) is 0.0310. The van der Waals surface area contributed by atoms with Crippen molar-refractivity contribution in [1.29, 1.82) is 0 Å². The average Bonchev–Trinajstić information content (AvgIpc) is 3.00. The molecule has 2 aromatic rings. The van der Waals surface area contributed by atoms with Gasteiger partial charge in [-0.1, -0.05) is 12.1 Å². The molecule has 25 heavy (non-hydrogen) atoms. The zero-order valence-electron chi connectivity index (χ0n) is 14.8. The quantitative estimate of drug-likeness (QED) is 0.800. The van der Waals surface area contributed by atoms with Crippen molar-refractivity contribution in [3.05, 3.63) is 35.3 Å². The summed E-state index contributed by atoms with van der Waals surface area (Å²) in [5.74, 6) is -0.0544. The molecule has 0 atom stereocenters. The summed E-state index contributed by atoms with van der Waals surface area (Å²) in [6, 6.07) is 7.56. The van der Waals surface area contributed by atoms with Crippen LogP contribution in [0.4, 0.5) is 0 Å². The molecule has 0 spiro atoms. The van der Waals surface area contributed by atoms with Gasteiger partial charge in [-0.3, -0.25) is 9.59 Å². The fourth-order valence-corrected chi connectivity index (χ4v) is 2.89. The first-order valence-corrected chi connectivity index (χ1v) is 8.70. The van der Waals surface area contributed by atoms with Crippen LogP contribution in [0.15, 0.2) is 29.6 Å². The molecule has 1 N–H and O–H groups in total. The Morgan fingerprint density at radius 2 is 2.04 bits per heavy atom. The van der Waals surface area contributed by atoms with Crippen LogP contribution < -0.4 is 10.1 Å². The van der Waals surface area contributed by atoms with Crippen LogP contribution in [-0.4, -0.2) is 36.1 Å². The first-order chi connectivity index (χ1) is 11.8. The lowest BCUT2D eigenvalue weighted by Crippen LogP contribution is -2.42. The Balaban J connectivity index is 1.90. The van der Waals surface area contributed by atoms with Crippen LogP contribution in [0.1, 0.15) is 26.5 Å². The molecule has 0 fully saturated rings. The third-order valence-electron chi connectivity index (χ3n) is 3.07. The third-order valence-corrected chi connectivity index (χ3v) is 4.01. The molecule has 1 amide bonds. The van der Waals surface area contributed by atoms with E-state index in [1.165, 1.54) is 11.3 Å². The van der Waals surface area contributed by atoms with E-state index < -0.39 is 5.97 Å². The van der Waals surface area contributed by atoms with Crippen molar-refractivity contribution >= 4 is 23.2 Å². The number of aromatic nitrogens is 1. The Hall–Kier alpha value is -2.41. The maximum atomic E-state index is 11.9. The smallest absolute Gasteiger partial charge is 0.312 e. The highest BCUT2D eigenvalue weighted by atomic mass is 32.1. The second-order valence-corrected chi connectivity index (χ2v) is 7.37. The highest BCUT2D eigenvalue weighted by molar-refractivity contribution is 7.13. The molecule has 134 valence electrons. The first kappa shape index (κ1) is 18.9. The zero-order valence-corrected chi connectivity index (χ0v) is 15.6. The molecule has 0 saturated heterocycles. The van der Waals surface area contributed by atoms with Gasteiger partial charge in [0, 0.05) is 16.5 Å². The highest BCUT2D eigenvalue weighted by Gasteiger charge is 2.16. The van der Waals surface area contributed by atoms with E-state index in [0.29, 0.717) is 5.69 Å².